The number of nitriles is 1. The molecular weight excluding hydrogens is 238 g/mol. The van der Waals surface area contributed by atoms with Gasteiger partial charge in [0.25, 0.3) is 5.91 Å². The highest BCUT2D eigenvalue weighted by atomic mass is 16.2. The average Bonchev–Trinajstić information content (AvgIpc) is 2.36. The fourth-order valence-corrected chi connectivity index (χ4v) is 1.89. The number of rotatable bonds is 5. The molecule has 0 bridgehead atoms. The molecule has 1 rings (SSSR count). The predicted molar refractivity (Wildman–Crippen MR) is 76.6 cm³/mol. The Morgan fingerprint density at radius 1 is 1.47 bits per heavy atom. The Hall–Kier alpha value is -2.02. The molecule has 1 aromatic carbocycles. The summed E-state index contributed by atoms with van der Waals surface area (Å²) in [5.74, 6) is 0.338. The molecule has 4 heteroatoms. The van der Waals surface area contributed by atoms with Crippen molar-refractivity contribution >= 4 is 11.6 Å². The van der Waals surface area contributed by atoms with E-state index in [0.717, 1.165) is 5.56 Å². The second-order valence-electron chi connectivity index (χ2n) is 5.12. The molecule has 0 aliphatic rings. The summed E-state index contributed by atoms with van der Waals surface area (Å²) < 4.78 is 0. The first-order valence-electron chi connectivity index (χ1n) is 6.48. The number of hydrogen-bond acceptors (Lipinski definition) is 3. The van der Waals surface area contributed by atoms with E-state index in [1.165, 1.54) is 0 Å². The van der Waals surface area contributed by atoms with E-state index in [1.807, 2.05) is 6.92 Å². The van der Waals surface area contributed by atoms with Crippen molar-refractivity contribution in [1.82, 2.24) is 4.90 Å². The summed E-state index contributed by atoms with van der Waals surface area (Å²) in [5.41, 5.74) is 7.97. The van der Waals surface area contributed by atoms with E-state index in [2.05, 4.69) is 19.9 Å². The third-order valence-corrected chi connectivity index (χ3v) is 2.88. The van der Waals surface area contributed by atoms with Gasteiger partial charge in [-0.15, -0.1) is 0 Å². The second kappa shape index (κ2) is 6.79. The molecule has 19 heavy (non-hydrogen) atoms. The molecule has 0 saturated heterocycles. The summed E-state index contributed by atoms with van der Waals surface area (Å²) >= 11 is 0. The summed E-state index contributed by atoms with van der Waals surface area (Å²) in [5, 5.41) is 8.68. The summed E-state index contributed by atoms with van der Waals surface area (Å²) in [4.78, 5) is 14.2. The minimum absolute atomic E-state index is 0.0351. The molecule has 1 amide bonds. The molecule has 0 fully saturated rings. The molecule has 0 saturated carbocycles. The van der Waals surface area contributed by atoms with Crippen LogP contribution in [0, 0.1) is 24.2 Å². The summed E-state index contributed by atoms with van der Waals surface area (Å²) in [6.07, 6.45) is 0.354. The Bertz CT molecular complexity index is 489. The van der Waals surface area contributed by atoms with Crippen LogP contribution in [0.5, 0.6) is 0 Å². The van der Waals surface area contributed by atoms with Gasteiger partial charge < -0.3 is 10.6 Å². The smallest absolute Gasteiger partial charge is 0.253 e. The van der Waals surface area contributed by atoms with Gasteiger partial charge in [0, 0.05) is 24.3 Å². The first-order valence-corrected chi connectivity index (χ1v) is 6.48. The molecule has 0 aromatic heterocycles. The van der Waals surface area contributed by atoms with Crippen LogP contribution < -0.4 is 5.73 Å². The highest BCUT2D eigenvalue weighted by molar-refractivity contribution is 5.94. The fourth-order valence-electron chi connectivity index (χ4n) is 1.89. The number of carbonyl (C=O) groups excluding carboxylic acids is 1. The van der Waals surface area contributed by atoms with Crippen molar-refractivity contribution in [3.05, 3.63) is 29.3 Å². The topological polar surface area (TPSA) is 70.1 Å². The zero-order valence-electron chi connectivity index (χ0n) is 11.8. The number of amides is 1. The van der Waals surface area contributed by atoms with Gasteiger partial charge in [0.05, 0.1) is 12.5 Å². The van der Waals surface area contributed by atoms with Crippen LogP contribution in [0.2, 0.25) is 0 Å². The molecular formula is C15H21N3O. The van der Waals surface area contributed by atoms with Crippen molar-refractivity contribution in [2.45, 2.75) is 27.2 Å². The number of nitrogens with zero attached hydrogens (tertiary/aromatic N) is 2. The Labute approximate surface area is 114 Å². The first-order chi connectivity index (χ1) is 8.95. The van der Waals surface area contributed by atoms with Crippen molar-refractivity contribution < 1.29 is 4.79 Å². The summed E-state index contributed by atoms with van der Waals surface area (Å²) in [6, 6.07) is 7.38. The van der Waals surface area contributed by atoms with Gasteiger partial charge in [-0.05, 0) is 36.6 Å². The van der Waals surface area contributed by atoms with Crippen LogP contribution in [-0.2, 0) is 0 Å². The van der Waals surface area contributed by atoms with Gasteiger partial charge >= 0.3 is 0 Å². The van der Waals surface area contributed by atoms with E-state index in [4.69, 9.17) is 11.0 Å². The van der Waals surface area contributed by atoms with Crippen molar-refractivity contribution in [3.63, 3.8) is 0 Å². The predicted octanol–water partition coefficient (Wildman–Crippen LogP) is 2.59. The second-order valence-corrected chi connectivity index (χ2v) is 5.12. The van der Waals surface area contributed by atoms with Crippen molar-refractivity contribution in [1.29, 1.82) is 5.26 Å². The molecule has 0 unspecified atom stereocenters. The Morgan fingerprint density at radius 3 is 2.68 bits per heavy atom. The van der Waals surface area contributed by atoms with E-state index in [9.17, 15) is 4.79 Å². The zero-order valence-corrected chi connectivity index (χ0v) is 11.8. The van der Waals surface area contributed by atoms with Crippen molar-refractivity contribution in [2.75, 3.05) is 18.8 Å². The van der Waals surface area contributed by atoms with Gasteiger partial charge in [-0.3, -0.25) is 4.79 Å². The highest BCUT2D eigenvalue weighted by Gasteiger charge is 2.17. The van der Waals surface area contributed by atoms with Gasteiger partial charge in [0.1, 0.15) is 0 Å². The van der Waals surface area contributed by atoms with Gasteiger partial charge in [0.15, 0.2) is 0 Å². The lowest BCUT2D eigenvalue weighted by Gasteiger charge is -2.24. The summed E-state index contributed by atoms with van der Waals surface area (Å²) in [6.45, 7) is 7.12. The number of nitrogens with two attached hydrogens (primary N) is 1. The van der Waals surface area contributed by atoms with E-state index >= 15 is 0 Å². The van der Waals surface area contributed by atoms with Gasteiger partial charge in [-0.25, -0.2) is 0 Å². The molecule has 0 heterocycles. The standard InChI is InChI=1S/C15H21N3O/c1-11(2)10-18(8-4-7-16)15(19)13-5-6-14(17)12(3)9-13/h5-6,9,11H,4,8,10,17H2,1-3H3. The molecule has 102 valence electrons. The van der Waals surface area contributed by atoms with Crippen LogP contribution in [0.15, 0.2) is 18.2 Å². The number of carbonyl (C=O) groups is 1. The normalized spacial score (nSPS) is 10.3. The number of aryl methyl sites for hydroxylation is 1. The zero-order chi connectivity index (χ0) is 14.4. The first kappa shape index (κ1) is 15.0. The number of hydrogen-bond donors (Lipinski definition) is 1. The SMILES string of the molecule is Cc1cc(C(=O)N(CCC#N)CC(C)C)ccc1N. The van der Waals surface area contributed by atoms with Crippen LogP contribution in [0.3, 0.4) is 0 Å². The lowest BCUT2D eigenvalue weighted by atomic mass is 10.1. The molecule has 0 spiro atoms. The van der Waals surface area contributed by atoms with Crippen molar-refractivity contribution in [3.8, 4) is 6.07 Å². The molecule has 4 nitrogen and oxygen atoms in total. The maximum absolute atomic E-state index is 12.4. The van der Waals surface area contributed by atoms with Crippen LogP contribution in [0.25, 0.3) is 0 Å². The Morgan fingerprint density at radius 2 is 2.16 bits per heavy atom. The van der Waals surface area contributed by atoms with E-state index in [1.54, 1.807) is 23.1 Å². The molecule has 0 radical (unpaired) electrons. The monoisotopic (exact) mass is 259 g/mol. The lowest BCUT2D eigenvalue weighted by molar-refractivity contribution is 0.0740. The molecule has 0 atom stereocenters. The molecule has 2 N–H and O–H groups in total. The molecule has 0 aliphatic carbocycles. The van der Waals surface area contributed by atoms with Gasteiger partial charge in [0.2, 0.25) is 0 Å². The molecule has 1 aromatic rings. The minimum atomic E-state index is -0.0351. The van der Waals surface area contributed by atoms with Crippen LogP contribution >= 0.6 is 0 Å². The van der Waals surface area contributed by atoms with Crippen LogP contribution in [0.4, 0.5) is 5.69 Å². The van der Waals surface area contributed by atoms with E-state index in [0.29, 0.717) is 36.7 Å². The van der Waals surface area contributed by atoms with Gasteiger partial charge in [-0.2, -0.15) is 5.26 Å². The van der Waals surface area contributed by atoms with Crippen molar-refractivity contribution in [2.24, 2.45) is 5.92 Å². The summed E-state index contributed by atoms with van der Waals surface area (Å²) in [7, 11) is 0. The van der Waals surface area contributed by atoms with Crippen LogP contribution in [0.1, 0.15) is 36.2 Å². The average molecular weight is 259 g/mol. The molecule has 0 aliphatic heterocycles. The number of anilines is 1. The fraction of sp³-hybridized carbons (Fsp3) is 0.467. The quantitative estimate of drug-likeness (QED) is 0.826. The highest BCUT2D eigenvalue weighted by Crippen LogP contribution is 2.15. The number of nitrogen functional groups attached to an aromatic ring is 1. The van der Waals surface area contributed by atoms with E-state index in [-0.39, 0.29) is 5.91 Å². The number of benzene rings is 1. The maximum atomic E-state index is 12.4. The van der Waals surface area contributed by atoms with Gasteiger partial charge in [-0.1, -0.05) is 13.8 Å². The Kier molecular flexibility index (Phi) is 5.37. The largest absolute Gasteiger partial charge is 0.399 e. The maximum Gasteiger partial charge on any atom is 0.253 e. The van der Waals surface area contributed by atoms with Crippen LogP contribution in [-0.4, -0.2) is 23.9 Å². The third kappa shape index (κ3) is 4.29. The Balaban J connectivity index is 2.91. The minimum Gasteiger partial charge on any atom is -0.399 e. The van der Waals surface area contributed by atoms with E-state index < -0.39 is 0 Å². The third-order valence-electron chi connectivity index (χ3n) is 2.88. The lowest BCUT2D eigenvalue weighted by Crippen LogP contribution is -2.35.